The van der Waals surface area contributed by atoms with Crippen molar-refractivity contribution < 1.29 is 9.52 Å². The predicted molar refractivity (Wildman–Crippen MR) is 83.5 cm³/mol. The van der Waals surface area contributed by atoms with E-state index in [1.807, 2.05) is 42.1 Å². The van der Waals surface area contributed by atoms with Crippen LogP contribution >= 0.6 is 0 Å². The van der Waals surface area contributed by atoms with Crippen LogP contribution in [0.5, 0.6) is 0 Å². The van der Waals surface area contributed by atoms with Gasteiger partial charge in [0.15, 0.2) is 0 Å². The number of benzene rings is 1. The molecule has 0 aliphatic heterocycles. The summed E-state index contributed by atoms with van der Waals surface area (Å²) in [6.45, 7) is 2.73. The molecule has 2 N–H and O–H groups in total. The molecule has 3 atom stereocenters. The summed E-state index contributed by atoms with van der Waals surface area (Å²) >= 11 is 0. The maximum Gasteiger partial charge on any atom is 0.134 e. The summed E-state index contributed by atoms with van der Waals surface area (Å²) in [6.07, 6.45) is 4.06. The molecule has 0 unspecified atom stereocenters. The Hall–Kier alpha value is -2.11. The van der Waals surface area contributed by atoms with Gasteiger partial charge in [-0.15, -0.1) is 0 Å². The molecule has 5 nitrogen and oxygen atoms in total. The zero-order valence-electron chi connectivity index (χ0n) is 12.4. The quantitative estimate of drug-likeness (QED) is 0.776. The molecule has 0 amide bonds. The van der Waals surface area contributed by atoms with E-state index in [2.05, 4.69) is 16.5 Å². The third-order valence-electron chi connectivity index (χ3n) is 4.57. The Morgan fingerprint density at radius 3 is 3.00 bits per heavy atom. The summed E-state index contributed by atoms with van der Waals surface area (Å²) in [5.41, 5.74) is 2.12. The fourth-order valence-electron chi connectivity index (χ4n) is 3.31. The lowest BCUT2D eigenvalue weighted by Gasteiger charge is -2.42. The van der Waals surface area contributed by atoms with Crippen LogP contribution < -0.4 is 5.32 Å². The smallest absolute Gasteiger partial charge is 0.134 e. The summed E-state index contributed by atoms with van der Waals surface area (Å²) < 4.78 is 7.64. The minimum Gasteiger partial charge on any atom is -0.461 e. The molecule has 22 heavy (non-hydrogen) atoms. The minimum absolute atomic E-state index is 0.00784. The van der Waals surface area contributed by atoms with Gasteiger partial charge in [0.25, 0.3) is 0 Å². The molecule has 1 saturated carbocycles. The van der Waals surface area contributed by atoms with Gasteiger partial charge in [0.2, 0.25) is 0 Å². The van der Waals surface area contributed by atoms with Crippen molar-refractivity contribution in [2.75, 3.05) is 0 Å². The summed E-state index contributed by atoms with van der Waals surface area (Å²) in [4.78, 5) is 0. The van der Waals surface area contributed by atoms with E-state index in [-0.39, 0.29) is 18.2 Å². The van der Waals surface area contributed by atoms with E-state index in [0.717, 1.165) is 29.7 Å². The van der Waals surface area contributed by atoms with Gasteiger partial charge in [0.1, 0.15) is 11.3 Å². The Morgan fingerprint density at radius 2 is 2.23 bits per heavy atom. The third-order valence-corrected chi connectivity index (χ3v) is 4.57. The fourth-order valence-corrected chi connectivity index (χ4v) is 3.31. The lowest BCUT2D eigenvalue weighted by atomic mass is 9.83. The van der Waals surface area contributed by atoms with Crippen LogP contribution in [0.15, 0.2) is 47.1 Å². The van der Waals surface area contributed by atoms with Gasteiger partial charge < -0.3 is 14.8 Å². The number of furan rings is 1. The molecule has 2 aromatic heterocycles. The number of para-hydroxylation sites is 1. The van der Waals surface area contributed by atoms with Crippen LogP contribution in [0.25, 0.3) is 11.0 Å². The maximum absolute atomic E-state index is 10.0. The highest BCUT2D eigenvalue weighted by Crippen LogP contribution is 2.33. The van der Waals surface area contributed by atoms with Crippen LogP contribution in [0, 0.1) is 6.92 Å². The van der Waals surface area contributed by atoms with E-state index in [9.17, 15) is 5.11 Å². The molecule has 4 rings (SSSR count). The highest BCUT2D eigenvalue weighted by atomic mass is 16.3. The maximum atomic E-state index is 10.0. The predicted octanol–water partition coefficient (Wildman–Crippen LogP) is 2.40. The number of aliphatic hydroxyl groups is 1. The molecule has 1 aliphatic rings. The highest BCUT2D eigenvalue weighted by molar-refractivity contribution is 5.82. The standard InChI is InChI=1S/C17H19N3O2/c1-11-13(12-5-2-3-6-16(12)22-11)10-18-14-9-15(21)17(14)20-8-4-7-19-20/h2-8,14-15,17-18,21H,9-10H2,1H3/t14-,15+,17+/m0/s1. The Labute approximate surface area is 128 Å². The Kier molecular flexibility index (Phi) is 3.24. The van der Waals surface area contributed by atoms with Crippen molar-refractivity contribution in [3.05, 3.63) is 54.0 Å². The van der Waals surface area contributed by atoms with Crippen molar-refractivity contribution in [3.8, 4) is 0 Å². The van der Waals surface area contributed by atoms with Gasteiger partial charge in [-0.3, -0.25) is 4.68 Å². The second-order valence-electron chi connectivity index (χ2n) is 5.90. The number of hydrogen-bond donors (Lipinski definition) is 2. The first-order chi connectivity index (χ1) is 10.7. The summed E-state index contributed by atoms with van der Waals surface area (Å²) in [5, 5.41) is 19.0. The van der Waals surface area contributed by atoms with Crippen molar-refractivity contribution in [3.63, 3.8) is 0 Å². The van der Waals surface area contributed by atoms with E-state index in [1.165, 1.54) is 5.56 Å². The first kappa shape index (κ1) is 13.5. The number of hydrogen-bond acceptors (Lipinski definition) is 4. The number of aromatic nitrogens is 2. The topological polar surface area (TPSA) is 63.2 Å². The van der Waals surface area contributed by atoms with Crippen LogP contribution in [0.1, 0.15) is 23.8 Å². The monoisotopic (exact) mass is 297 g/mol. The van der Waals surface area contributed by atoms with Crippen LogP contribution in [0.3, 0.4) is 0 Å². The second-order valence-corrected chi connectivity index (χ2v) is 5.90. The summed E-state index contributed by atoms with van der Waals surface area (Å²) in [7, 11) is 0. The zero-order valence-corrected chi connectivity index (χ0v) is 12.4. The van der Waals surface area contributed by atoms with E-state index >= 15 is 0 Å². The van der Waals surface area contributed by atoms with Gasteiger partial charge in [-0.1, -0.05) is 18.2 Å². The average molecular weight is 297 g/mol. The first-order valence-corrected chi connectivity index (χ1v) is 7.61. The van der Waals surface area contributed by atoms with Gasteiger partial charge in [-0.25, -0.2) is 0 Å². The van der Waals surface area contributed by atoms with Crippen LogP contribution in [-0.4, -0.2) is 27.0 Å². The van der Waals surface area contributed by atoms with Crippen molar-refractivity contribution in [1.82, 2.24) is 15.1 Å². The van der Waals surface area contributed by atoms with Gasteiger partial charge >= 0.3 is 0 Å². The van der Waals surface area contributed by atoms with Crippen molar-refractivity contribution in [1.29, 1.82) is 0 Å². The van der Waals surface area contributed by atoms with E-state index in [0.29, 0.717) is 0 Å². The fraction of sp³-hybridized carbons (Fsp3) is 0.353. The SMILES string of the molecule is Cc1oc2ccccc2c1CN[C@H]1C[C@@H](O)[C@@H]1n1cccn1. The Morgan fingerprint density at radius 1 is 1.36 bits per heavy atom. The molecule has 1 aliphatic carbocycles. The van der Waals surface area contributed by atoms with Crippen molar-refractivity contribution in [2.45, 2.75) is 38.1 Å². The minimum atomic E-state index is -0.334. The molecule has 2 heterocycles. The molecule has 1 aromatic carbocycles. The lowest BCUT2D eigenvalue weighted by Crippen LogP contribution is -2.54. The molecule has 0 spiro atoms. The molecule has 0 bridgehead atoms. The largest absolute Gasteiger partial charge is 0.461 e. The third kappa shape index (κ3) is 2.14. The number of rotatable bonds is 4. The van der Waals surface area contributed by atoms with Crippen LogP contribution in [-0.2, 0) is 6.54 Å². The molecule has 0 saturated heterocycles. The normalized spacial score (nSPS) is 24.5. The van der Waals surface area contributed by atoms with Gasteiger partial charge in [0, 0.05) is 35.9 Å². The van der Waals surface area contributed by atoms with Crippen LogP contribution in [0.2, 0.25) is 0 Å². The highest BCUT2D eigenvalue weighted by Gasteiger charge is 2.41. The second kappa shape index (κ2) is 5.26. The summed E-state index contributed by atoms with van der Waals surface area (Å²) in [5.74, 6) is 0.948. The number of nitrogens with zero attached hydrogens (tertiary/aromatic N) is 2. The first-order valence-electron chi connectivity index (χ1n) is 7.61. The van der Waals surface area contributed by atoms with E-state index < -0.39 is 0 Å². The van der Waals surface area contributed by atoms with Crippen molar-refractivity contribution >= 4 is 11.0 Å². The zero-order chi connectivity index (χ0) is 15.1. The van der Waals surface area contributed by atoms with E-state index in [1.54, 1.807) is 6.20 Å². The van der Waals surface area contributed by atoms with E-state index in [4.69, 9.17) is 4.42 Å². The average Bonchev–Trinajstić information content (AvgIpc) is 3.11. The molecule has 3 aromatic rings. The van der Waals surface area contributed by atoms with Crippen LogP contribution in [0.4, 0.5) is 0 Å². The lowest BCUT2D eigenvalue weighted by molar-refractivity contribution is -0.00821. The van der Waals surface area contributed by atoms with Gasteiger partial charge in [0.05, 0.1) is 12.1 Å². The molecular weight excluding hydrogens is 278 g/mol. The molecule has 1 fully saturated rings. The van der Waals surface area contributed by atoms with Gasteiger partial charge in [-0.05, 0) is 25.5 Å². The summed E-state index contributed by atoms with van der Waals surface area (Å²) in [6, 6.07) is 10.2. The number of aliphatic hydroxyl groups excluding tert-OH is 1. The molecule has 114 valence electrons. The number of nitrogens with one attached hydrogen (secondary N) is 1. The van der Waals surface area contributed by atoms with Crippen molar-refractivity contribution in [2.24, 2.45) is 0 Å². The molecular formula is C17H19N3O2. The molecule has 5 heteroatoms. The molecule has 0 radical (unpaired) electrons. The van der Waals surface area contributed by atoms with Gasteiger partial charge in [-0.2, -0.15) is 5.10 Å². The number of aryl methyl sites for hydroxylation is 1. The number of fused-ring (bicyclic) bond motifs is 1. The Bertz CT molecular complexity index is 778. The Balaban J connectivity index is 1.51.